The third-order valence-corrected chi connectivity index (χ3v) is 3.28. The SMILES string of the molecule is CCSCC(NC)c1cc(C)cnc1N. The fourth-order valence-electron chi connectivity index (χ4n) is 1.45. The fraction of sp³-hybridized carbons (Fsp3) is 0.545. The van der Waals surface area contributed by atoms with E-state index in [2.05, 4.69) is 23.3 Å². The molecule has 1 unspecified atom stereocenters. The van der Waals surface area contributed by atoms with Crippen LogP contribution in [0.1, 0.15) is 24.1 Å². The van der Waals surface area contributed by atoms with Crippen molar-refractivity contribution < 1.29 is 0 Å². The van der Waals surface area contributed by atoms with Crippen LogP contribution in [0.3, 0.4) is 0 Å². The average molecular weight is 225 g/mol. The van der Waals surface area contributed by atoms with Gasteiger partial charge in [-0.2, -0.15) is 11.8 Å². The van der Waals surface area contributed by atoms with Crippen molar-refractivity contribution >= 4 is 17.6 Å². The summed E-state index contributed by atoms with van der Waals surface area (Å²) in [7, 11) is 1.96. The molecule has 0 aromatic carbocycles. The number of pyridine rings is 1. The van der Waals surface area contributed by atoms with Crippen LogP contribution in [0.2, 0.25) is 0 Å². The molecule has 0 spiro atoms. The lowest BCUT2D eigenvalue weighted by molar-refractivity contribution is 0.661. The molecular formula is C11H19N3S. The van der Waals surface area contributed by atoms with Crippen molar-refractivity contribution in [1.82, 2.24) is 10.3 Å². The number of aromatic nitrogens is 1. The van der Waals surface area contributed by atoms with Gasteiger partial charge >= 0.3 is 0 Å². The van der Waals surface area contributed by atoms with E-state index in [0.717, 1.165) is 22.6 Å². The number of nitrogens with zero attached hydrogens (tertiary/aromatic N) is 1. The zero-order valence-corrected chi connectivity index (χ0v) is 10.4. The summed E-state index contributed by atoms with van der Waals surface area (Å²) in [5.41, 5.74) is 8.14. The molecule has 1 heterocycles. The Morgan fingerprint density at radius 2 is 2.33 bits per heavy atom. The van der Waals surface area contributed by atoms with E-state index < -0.39 is 0 Å². The Bertz CT molecular complexity index is 315. The lowest BCUT2D eigenvalue weighted by Gasteiger charge is -2.17. The molecule has 0 saturated heterocycles. The summed E-state index contributed by atoms with van der Waals surface area (Å²) in [4.78, 5) is 4.18. The first kappa shape index (κ1) is 12.3. The molecule has 0 radical (unpaired) electrons. The molecule has 0 fully saturated rings. The number of nitrogens with one attached hydrogen (secondary N) is 1. The second-order valence-electron chi connectivity index (χ2n) is 3.49. The highest BCUT2D eigenvalue weighted by atomic mass is 32.2. The number of aryl methyl sites for hydroxylation is 1. The van der Waals surface area contributed by atoms with E-state index in [-0.39, 0.29) is 0 Å². The molecule has 84 valence electrons. The Labute approximate surface area is 95.9 Å². The number of thioether (sulfide) groups is 1. The average Bonchev–Trinajstić information content (AvgIpc) is 2.24. The molecule has 1 rings (SSSR count). The number of hydrogen-bond donors (Lipinski definition) is 2. The standard InChI is InChI=1S/C11H19N3S/c1-4-15-7-10(13-3)9-5-8(2)6-14-11(9)12/h5-6,10,13H,4,7H2,1-3H3,(H2,12,14). The van der Waals surface area contributed by atoms with Gasteiger partial charge in [0.1, 0.15) is 5.82 Å². The molecule has 4 heteroatoms. The van der Waals surface area contributed by atoms with Crippen LogP contribution >= 0.6 is 11.8 Å². The van der Waals surface area contributed by atoms with E-state index in [0.29, 0.717) is 11.9 Å². The van der Waals surface area contributed by atoms with Crippen LogP contribution in [0.25, 0.3) is 0 Å². The van der Waals surface area contributed by atoms with Crippen LogP contribution in [-0.2, 0) is 0 Å². The van der Waals surface area contributed by atoms with Crippen molar-refractivity contribution in [1.29, 1.82) is 0 Å². The Morgan fingerprint density at radius 3 is 2.93 bits per heavy atom. The summed E-state index contributed by atoms with van der Waals surface area (Å²) in [5, 5.41) is 3.28. The topological polar surface area (TPSA) is 50.9 Å². The fourth-order valence-corrected chi connectivity index (χ4v) is 2.26. The molecule has 0 aliphatic heterocycles. The van der Waals surface area contributed by atoms with Crippen molar-refractivity contribution in [3.8, 4) is 0 Å². The number of nitrogens with two attached hydrogens (primary N) is 1. The van der Waals surface area contributed by atoms with E-state index in [1.807, 2.05) is 25.7 Å². The van der Waals surface area contributed by atoms with Gasteiger partial charge < -0.3 is 11.1 Å². The smallest absolute Gasteiger partial charge is 0.128 e. The van der Waals surface area contributed by atoms with Gasteiger partial charge in [0.25, 0.3) is 0 Å². The molecular weight excluding hydrogens is 206 g/mol. The highest BCUT2D eigenvalue weighted by molar-refractivity contribution is 7.99. The maximum absolute atomic E-state index is 5.88. The molecule has 3 nitrogen and oxygen atoms in total. The van der Waals surface area contributed by atoms with E-state index in [4.69, 9.17) is 5.73 Å². The lowest BCUT2D eigenvalue weighted by Crippen LogP contribution is -2.20. The van der Waals surface area contributed by atoms with Gasteiger partial charge in [0, 0.05) is 23.6 Å². The van der Waals surface area contributed by atoms with Crippen LogP contribution in [0, 0.1) is 6.92 Å². The number of hydrogen-bond acceptors (Lipinski definition) is 4. The second kappa shape index (κ2) is 5.98. The number of rotatable bonds is 5. The van der Waals surface area contributed by atoms with Gasteiger partial charge in [0.15, 0.2) is 0 Å². The Kier molecular flexibility index (Phi) is 4.91. The molecule has 1 aromatic rings. The predicted molar refractivity (Wildman–Crippen MR) is 68.2 cm³/mol. The molecule has 1 atom stereocenters. The van der Waals surface area contributed by atoms with Crippen LogP contribution in [0.15, 0.2) is 12.3 Å². The van der Waals surface area contributed by atoms with Gasteiger partial charge in [-0.3, -0.25) is 0 Å². The Balaban J connectivity index is 2.85. The van der Waals surface area contributed by atoms with Gasteiger partial charge in [0.2, 0.25) is 0 Å². The third-order valence-electron chi connectivity index (χ3n) is 2.30. The minimum Gasteiger partial charge on any atom is -0.383 e. The highest BCUT2D eigenvalue weighted by Gasteiger charge is 2.12. The predicted octanol–water partition coefficient (Wildman–Crippen LogP) is 1.99. The third kappa shape index (κ3) is 3.39. The maximum Gasteiger partial charge on any atom is 0.128 e. The first-order valence-electron chi connectivity index (χ1n) is 5.16. The minimum absolute atomic E-state index is 0.294. The summed E-state index contributed by atoms with van der Waals surface area (Å²) in [6.07, 6.45) is 1.80. The first-order valence-corrected chi connectivity index (χ1v) is 6.31. The normalized spacial score (nSPS) is 12.7. The van der Waals surface area contributed by atoms with E-state index >= 15 is 0 Å². The van der Waals surface area contributed by atoms with Gasteiger partial charge in [-0.25, -0.2) is 4.98 Å². The minimum atomic E-state index is 0.294. The lowest BCUT2D eigenvalue weighted by atomic mass is 10.1. The Hall–Kier alpha value is -0.740. The number of nitrogen functional groups attached to an aromatic ring is 1. The summed E-state index contributed by atoms with van der Waals surface area (Å²) in [6.45, 7) is 4.20. The van der Waals surface area contributed by atoms with Gasteiger partial charge in [-0.15, -0.1) is 0 Å². The quantitative estimate of drug-likeness (QED) is 0.804. The molecule has 0 amide bonds. The van der Waals surface area contributed by atoms with Crippen LogP contribution in [-0.4, -0.2) is 23.5 Å². The van der Waals surface area contributed by atoms with E-state index in [1.54, 1.807) is 6.20 Å². The summed E-state index contributed by atoms with van der Waals surface area (Å²) in [5.74, 6) is 2.79. The van der Waals surface area contributed by atoms with Crippen LogP contribution < -0.4 is 11.1 Å². The summed E-state index contributed by atoms with van der Waals surface area (Å²) < 4.78 is 0. The monoisotopic (exact) mass is 225 g/mol. The van der Waals surface area contributed by atoms with Crippen molar-refractivity contribution in [2.45, 2.75) is 19.9 Å². The van der Waals surface area contributed by atoms with Crippen molar-refractivity contribution in [3.05, 3.63) is 23.4 Å². The van der Waals surface area contributed by atoms with Gasteiger partial charge in [-0.1, -0.05) is 6.92 Å². The molecule has 0 aliphatic rings. The molecule has 0 bridgehead atoms. The summed E-state index contributed by atoms with van der Waals surface area (Å²) >= 11 is 1.90. The van der Waals surface area contributed by atoms with Crippen molar-refractivity contribution in [3.63, 3.8) is 0 Å². The largest absolute Gasteiger partial charge is 0.383 e. The maximum atomic E-state index is 5.88. The zero-order chi connectivity index (χ0) is 11.3. The summed E-state index contributed by atoms with van der Waals surface area (Å²) in [6, 6.07) is 2.40. The van der Waals surface area contributed by atoms with Crippen LogP contribution in [0.4, 0.5) is 5.82 Å². The van der Waals surface area contributed by atoms with Gasteiger partial charge in [0.05, 0.1) is 0 Å². The first-order chi connectivity index (χ1) is 7.19. The van der Waals surface area contributed by atoms with Crippen molar-refractivity contribution in [2.24, 2.45) is 0 Å². The van der Waals surface area contributed by atoms with Crippen LogP contribution in [0.5, 0.6) is 0 Å². The Morgan fingerprint density at radius 1 is 1.60 bits per heavy atom. The highest BCUT2D eigenvalue weighted by Crippen LogP contribution is 2.22. The van der Waals surface area contributed by atoms with Crippen molar-refractivity contribution in [2.75, 3.05) is 24.3 Å². The van der Waals surface area contributed by atoms with Gasteiger partial charge in [-0.05, 0) is 31.4 Å². The molecule has 1 aromatic heterocycles. The molecule has 15 heavy (non-hydrogen) atoms. The molecule has 0 aliphatic carbocycles. The molecule has 3 N–H and O–H groups in total. The number of anilines is 1. The van der Waals surface area contributed by atoms with E-state index in [9.17, 15) is 0 Å². The second-order valence-corrected chi connectivity index (χ2v) is 4.81. The van der Waals surface area contributed by atoms with E-state index in [1.165, 1.54) is 0 Å². The molecule has 0 saturated carbocycles. The zero-order valence-electron chi connectivity index (χ0n) is 9.58.